The van der Waals surface area contributed by atoms with Crippen molar-refractivity contribution in [3.8, 4) is 0 Å². The van der Waals surface area contributed by atoms with E-state index in [0.29, 0.717) is 17.5 Å². The number of aliphatic hydroxyl groups is 1. The zero-order valence-electron chi connectivity index (χ0n) is 12.9. The first kappa shape index (κ1) is 16.8. The molecule has 0 saturated heterocycles. The van der Waals surface area contributed by atoms with Crippen LogP contribution >= 0.6 is 15.9 Å². The van der Waals surface area contributed by atoms with E-state index in [-0.39, 0.29) is 18.7 Å². The maximum absolute atomic E-state index is 12.5. The Morgan fingerprint density at radius 2 is 2.00 bits per heavy atom. The van der Waals surface area contributed by atoms with E-state index < -0.39 is 6.10 Å². The molecule has 124 valence electrons. The van der Waals surface area contributed by atoms with E-state index in [1.54, 1.807) is 12.1 Å². The number of fused-ring (bicyclic) bond motifs is 1. The molecule has 0 saturated carbocycles. The van der Waals surface area contributed by atoms with Gasteiger partial charge in [-0.05, 0) is 23.8 Å². The van der Waals surface area contributed by atoms with Crippen LogP contribution in [-0.4, -0.2) is 27.4 Å². The van der Waals surface area contributed by atoms with Gasteiger partial charge in [0.2, 0.25) is 0 Å². The van der Waals surface area contributed by atoms with E-state index in [1.165, 1.54) is 10.9 Å². The number of ether oxygens (including phenoxy) is 1. The molecule has 0 spiro atoms. The number of hydrogen-bond acceptors (Lipinski definition) is 4. The molecule has 3 aromatic rings. The minimum Gasteiger partial charge on any atom is -0.389 e. The fraction of sp³-hybridized carbons (Fsp3) is 0.222. The third-order valence-corrected chi connectivity index (χ3v) is 4.11. The third kappa shape index (κ3) is 4.08. The van der Waals surface area contributed by atoms with Crippen LogP contribution in [0, 0.1) is 0 Å². The van der Waals surface area contributed by atoms with Crippen LogP contribution in [0.3, 0.4) is 0 Å². The molecule has 1 unspecified atom stereocenters. The van der Waals surface area contributed by atoms with Gasteiger partial charge in [0, 0.05) is 4.47 Å². The van der Waals surface area contributed by atoms with Crippen molar-refractivity contribution in [2.45, 2.75) is 19.3 Å². The predicted molar refractivity (Wildman–Crippen MR) is 95.8 cm³/mol. The summed E-state index contributed by atoms with van der Waals surface area (Å²) in [5, 5.41) is 10.6. The van der Waals surface area contributed by atoms with Crippen LogP contribution in [0.1, 0.15) is 5.56 Å². The molecule has 1 heterocycles. The van der Waals surface area contributed by atoms with E-state index in [1.807, 2.05) is 36.4 Å². The molecular formula is C18H17BrN2O3. The lowest BCUT2D eigenvalue weighted by Crippen LogP contribution is -2.29. The van der Waals surface area contributed by atoms with Crippen molar-refractivity contribution in [2.75, 3.05) is 6.61 Å². The summed E-state index contributed by atoms with van der Waals surface area (Å²) in [7, 11) is 0. The average Bonchev–Trinajstić information content (AvgIpc) is 2.59. The van der Waals surface area contributed by atoms with Crippen molar-refractivity contribution in [1.29, 1.82) is 0 Å². The highest BCUT2D eigenvalue weighted by atomic mass is 79.9. The number of rotatable bonds is 6. The van der Waals surface area contributed by atoms with Gasteiger partial charge in [-0.2, -0.15) is 0 Å². The van der Waals surface area contributed by atoms with Gasteiger partial charge >= 0.3 is 0 Å². The number of aromatic nitrogens is 2. The zero-order valence-corrected chi connectivity index (χ0v) is 14.5. The molecule has 3 rings (SSSR count). The Balaban J connectivity index is 1.64. The first-order valence-electron chi connectivity index (χ1n) is 7.58. The summed E-state index contributed by atoms with van der Waals surface area (Å²) in [6.07, 6.45) is 0.678. The molecule has 1 aromatic heterocycles. The van der Waals surface area contributed by atoms with Gasteiger partial charge in [-0.1, -0.05) is 46.3 Å². The molecule has 6 heteroatoms. The quantitative estimate of drug-likeness (QED) is 0.704. The van der Waals surface area contributed by atoms with Crippen LogP contribution < -0.4 is 5.56 Å². The molecule has 0 bridgehead atoms. The van der Waals surface area contributed by atoms with Gasteiger partial charge in [0.1, 0.15) is 0 Å². The summed E-state index contributed by atoms with van der Waals surface area (Å²) in [5.41, 5.74) is 1.50. The summed E-state index contributed by atoms with van der Waals surface area (Å²) in [5.74, 6) is 0. The maximum atomic E-state index is 12.5. The highest BCUT2D eigenvalue weighted by molar-refractivity contribution is 9.10. The first-order valence-corrected chi connectivity index (χ1v) is 8.37. The summed E-state index contributed by atoms with van der Waals surface area (Å²) < 4.78 is 7.73. The molecule has 1 N–H and O–H groups in total. The van der Waals surface area contributed by atoms with E-state index in [2.05, 4.69) is 20.9 Å². The topological polar surface area (TPSA) is 64.4 Å². The zero-order chi connectivity index (χ0) is 16.9. The Kier molecular flexibility index (Phi) is 5.40. The molecule has 5 nitrogen and oxygen atoms in total. The molecule has 0 radical (unpaired) electrons. The van der Waals surface area contributed by atoms with Gasteiger partial charge in [0.15, 0.2) is 0 Å². The molecule has 0 aliphatic carbocycles. The minimum atomic E-state index is -0.780. The summed E-state index contributed by atoms with van der Waals surface area (Å²) in [6, 6.07) is 15.1. The first-order chi connectivity index (χ1) is 11.6. The molecule has 0 fully saturated rings. The van der Waals surface area contributed by atoms with Gasteiger partial charge in [0.25, 0.3) is 5.56 Å². The van der Waals surface area contributed by atoms with Crippen molar-refractivity contribution in [3.63, 3.8) is 0 Å². The largest absolute Gasteiger partial charge is 0.389 e. The Labute approximate surface area is 147 Å². The minimum absolute atomic E-state index is 0.142. The standard InChI is InChI=1S/C18H17BrN2O3/c19-14-6-7-17-16(8-14)18(23)21(12-20-17)9-15(22)11-24-10-13-4-2-1-3-5-13/h1-8,12,15,22H,9-11H2. The van der Waals surface area contributed by atoms with Gasteiger partial charge in [-0.25, -0.2) is 4.98 Å². The smallest absolute Gasteiger partial charge is 0.261 e. The van der Waals surface area contributed by atoms with Crippen LogP contribution in [0.25, 0.3) is 10.9 Å². The SMILES string of the molecule is O=c1c2cc(Br)ccc2ncn1CC(O)COCc1ccccc1. The van der Waals surface area contributed by atoms with Crippen molar-refractivity contribution < 1.29 is 9.84 Å². The van der Waals surface area contributed by atoms with E-state index in [0.717, 1.165) is 10.0 Å². The molecule has 0 aliphatic rings. The van der Waals surface area contributed by atoms with E-state index >= 15 is 0 Å². The van der Waals surface area contributed by atoms with Crippen molar-refractivity contribution >= 4 is 26.8 Å². The Morgan fingerprint density at radius 1 is 1.21 bits per heavy atom. The normalized spacial score (nSPS) is 12.4. The lowest BCUT2D eigenvalue weighted by molar-refractivity contribution is 0.0198. The monoisotopic (exact) mass is 388 g/mol. The Bertz CT molecular complexity index is 880. The molecular weight excluding hydrogens is 372 g/mol. The van der Waals surface area contributed by atoms with Gasteiger partial charge in [0.05, 0.1) is 43.1 Å². The van der Waals surface area contributed by atoms with Gasteiger partial charge in [-0.3, -0.25) is 9.36 Å². The average molecular weight is 389 g/mol. The third-order valence-electron chi connectivity index (χ3n) is 3.62. The molecule has 2 aromatic carbocycles. The molecule has 0 aliphatic heterocycles. The fourth-order valence-corrected chi connectivity index (χ4v) is 2.79. The van der Waals surface area contributed by atoms with E-state index in [9.17, 15) is 9.90 Å². The van der Waals surface area contributed by atoms with Crippen molar-refractivity contribution in [1.82, 2.24) is 9.55 Å². The highest BCUT2D eigenvalue weighted by Gasteiger charge is 2.10. The number of benzene rings is 2. The summed E-state index contributed by atoms with van der Waals surface area (Å²) in [6.45, 7) is 0.719. The maximum Gasteiger partial charge on any atom is 0.261 e. The molecule has 24 heavy (non-hydrogen) atoms. The van der Waals surface area contributed by atoms with Crippen LogP contribution in [0.2, 0.25) is 0 Å². The lowest BCUT2D eigenvalue weighted by Gasteiger charge is -2.13. The second-order valence-electron chi connectivity index (χ2n) is 5.52. The number of aliphatic hydroxyl groups excluding tert-OH is 1. The number of nitrogens with zero attached hydrogens (tertiary/aromatic N) is 2. The fourth-order valence-electron chi connectivity index (χ4n) is 2.43. The van der Waals surface area contributed by atoms with Gasteiger partial charge < -0.3 is 9.84 Å². The Morgan fingerprint density at radius 3 is 2.79 bits per heavy atom. The number of hydrogen-bond donors (Lipinski definition) is 1. The van der Waals surface area contributed by atoms with Gasteiger partial charge in [-0.15, -0.1) is 0 Å². The predicted octanol–water partition coefficient (Wildman–Crippen LogP) is 2.74. The molecule has 1 atom stereocenters. The number of halogens is 1. The van der Waals surface area contributed by atoms with E-state index in [4.69, 9.17) is 4.74 Å². The van der Waals surface area contributed by atoms with Crippen LogP contribution in [0.5, 0.6) is 0 Å². The second kappa shape index (κ2) is 7.70. The highest BCUT2D eigenvalue weighted by Crippen LogP contribution is 2.14. The lowest BCUT2D eigenvalue weighted by atomic mass is 10.2. The Hall–Kier alpha value is -2.02. The van der Waals surface area contributed by atoms with Crippen molar-refractivity contribution in [3.05, 3.63) is 75.2 Å². The molecule has 0 amide bonds. The summed E-state index contributed by atoms with van der Waals surface area (Å²) in [4.78, 5) is 16.7. The van der Waals surface area contributed by atoms with Crippen LogP contribution in [-0.2, 0) is 17.9 Å². The van der Waals surface area contributed by atoms with Crippen LogP contribution in [0.15, 0.2) is 64.1 Å². The second-order valence-corrected chi connectivity index (χ2v) is 6.43. The van der Waals surface area contributed by atoms with Crippen LogP contribution in [0.4, 0.5) is 0 Å². The summed E-state index contributed by atoms with van der Waals surface area (Å²) >= 11 is 3.35. The van der Waals surface area contributed by atoms with Crippen molar-refractivity contribution in [2.24, 2.45) is 0 Å².